The Hall–Kier alpha value is -3.79. The maximum Gasteiger partial charge on any atom is 0.320 e. The van der Waals surface area contributed by atoms with Crippen LogP contribution in [0, 0.1) is 13.8 Å². The molecular formula is C25H24F2N4O3S. The summed E-state index contributed by atoms with van der Waals surface area (Å²) in [5.41, 5.74) is 2.66. The lowest BCUT2D eigenvalue weighted by atomic mass is 10.1. The van der Waals surface area contributed by atoms with Gasteiger partial charge in [0, 0.05) is 11.3 Å². The van der Waals surface area contributed by atoms with Gasteiger partial charge < -0.3 is 5.32 Å². The van der Waals surface area contributed by atoms with Crippen molar-refractivity contribution in [3.8, 4) is 0 Å². The Labute approximate surface area is 201 Å². The molecule has 4 aromatic rings. The Morgan fingerprint density at radius 2 is 1.69 bits per heavy atom. The van der Waals surface area contributed by atoms with E-state index >= 15 is 0 Å². The first-order valence-electron chi connectivity index (χ1n) is 10.8. The molecule has 3 aromatic carbocycles. The monoisotopic (exact) mass is 498 g/mol. The molecule has 0 spiro atoms. The average molecular weight is 499 g/mol. The molecule has 0 aliphatic rings. The van der Waals surface area contributed by atoms with E-state index in [-0.39, 0.29) is 21.8 Å². The highest BCUT2D eigenvalue weighted by Gasteiger charge is 2.24. The topological polar surface area (TPSA) is 93.1 Å². The predicted molar refractivity (Wildman–Crippen MR) is 130 cm³/mol. The molecule has 2 N–H and O–H groups in total. The molecule has 182 valence electrons. The number of rotatable bonds is 7. The molecule has 0 saturated carbocycles. The van der Waals surface area contributed by atoms with E-state index in [9.17, 15) is 22.0 Å². The van der Waals surface area contributed by atoms with Crippen LogP contribution in [0.3, 0.4) is 0 Å². The number of nitrogens with one attached hydrogen (secondary N) is 2. The molecule has 4 rings (SSSR count). The molecule has 1 atom stereocenters. The van der Waals surface area contributed by atoms with E-state index < -0.39 is 28.5 Å². The molecular weight excluding hydrogens is 474 g/mol. The highest BCUT2D eigenvalue weighted by Crippen LogP contribution is 2.27. The zero-order chi connectivity index (χ0) is 25.3. The minimum Gasteiger partial charge on any atom is -0.342 e. The minimum atomic E-state index is -3.96. The van der Waals surface area contributed by atoms with Crippen molar-refractivity contribution in [2.75, 3.05) is 4.72 Å². The SMILES string of the molecule is Cc1ccc(NS(=O)(=O)c2ccc(C)c(C(=O)N[C@@H](C)c3nc4ccccc4n3C(F)F)c2)cc1. The van der Waals surface area contributed by atoms with Gasteiger partial charge in [0.15, 0.2) is 0 Å². The molecule has 0 aliphatic carbocycles. The zero-order valence-electron chi connectivity index (χ0n) is 19.3. The van der Waals surface area contributed by atoms with Gasteiger partial charge in [0.05, 0.1) is 22.0 Å². The van der Waals surface area contributed by atoms with E-state index in [0.717, 1.165) is 10.1 Å². The highest BCUT2D eigenvalue weighted by molar-refractivity contribution is 7.92. The van der Waals surface area contributed by atoms with Gasteiger partial charge in [-0.05, 0) is 62.7 Å². The fraction of sp³-hybridized carbons (Fsp3) is 0.200. The number of carbonyl (C=O) groups is 1. The van der Waals surface area contributed by atoms with Gasteiger partial charge in [0.2, 0.25) is 0 Å². The maximum absolute atomic E-state index is 13.8. The van der Waals surface area contributed by atoms with Crippen LogP contribution in [-0.4, -0.2) is 23.9 Å². The molecule has 0 radical (unpaired) electrons. The number of para-hydroxylation sites is 2. The maximum atomic E-state index is 13.8. The number of anilines is 1. The van der Waals surface area contributed by atoms with Crippen LogP contribution in [0.25, 0.3) is 11.0 Å². The second-order valence-corrected chi connectivity index (χ2v) is 9.93. The second kappa shape index (κ2) is 9.46. The standard InChI is InChI=1S/C25H24F2N4O3S/c1-15-8-11-18(12-9-15)30-35(33,34)19-13-10-16(2)20(14-19)24(32)28-17(3)23-29-21-6-4-5-7-22(21)31(23)25(26)27/h4-14,17,25,30H,1-3H3,(H,28,32)/t17-/m0/s1. The summed E-state index contributed by atoms with van der Waals surface area (Å²) in [6.45, 7) is 2.25. The van der Waals surface area contributed by atoms with E-state index in [2.05, 4.69) is 15.0 Å². The molecule has 1 heterocycles. The summed E-state index contributed by atoms with van der Waals surface area (Å²) in [6.07, 6.45) is 0. The third-order valence-corrected chi connectivity index (χ3v) is 7.00. The quantitative estimate of drug-likeness (QED) is 0.360. The summed E-state index contributed by atoms with van der Waals surface area (Å²) in [5, 5.41) is 2.67. The molecule has 35 heavy (non-hydrogen) atoms. The van der Waals surface area contributed by atoms with Crippen LogP contribution in [0.2, 0.25) is 0 Å². The number of fused-ring (bicyclic) bond motifs is 1. The molecule has 7 nitrogen and oxygen atoms in total. The molecule has 1 aromatic heterocycles. The van der Waals surface area contributed by atoms with Crippen LogP contribution in [0.4, 0.5) is 14.5 Å². The number of imidazole rings is 1. The lowest BCUT2D eigenvalue weighted by Gasteiger charge is -2.17. The molecule has 0 fully saturated rings. The molecule has 0 aliphatic heterocycles. The Balaban J connectivity index is 1.61. The normalized spacial score (nSPS) is 12.6. The van der Waals surface area contributed by atoms with Crippen LogP contribution < -0.4 is 10.0 Å². The summed E-state index contributed by atoms with van der Waals surface area (Å²) in [4.78, 5) is 17.2. The summed E-state index contributed by atoms with van der Waals surface area (Å²) >= 11 is 0. The number of halogens is 2. The van der Waals surface area contributed by atoms with Crippen LogP contribution in [0.15, 0.2) is 71.6 Å². The molecule has 10 heteroatoms. The van der Waals surface area contributed by atoms with Gasteiger partial charge in [0.1, 0.15) is 5.82 Å². The van der Waals surface area contributed by atoms with Crippen molar-refractivity contribution in [3.63, 3.8) is 0 Å². The fourth-order valence-electron chi connectivity index (χ4n) is 3.76. The van der Waals surface area contributed by atoms with Crippen molar-refractivity contribution in [1.29, 1.82) is 0 Å². The van der Waals surface area contributed by atoms with Crippen molar-refractivity contribution in [2.24, 2.45) is 0 Å². The van der Waals surface area contributed by atoms with E-state index in [1.807, 2.05) is 6.92 Å². The predicted octanol–water partition coefficient (Wildman–Crippen LogP) is 5.34. The number of aryl methyl sites for hydroxylation is 2. The second-order valence-electron chi connectivity index (χ2n) is 8.25. The average Bonchev–Trinajstić information content (AvgIpc) is 3.20. The van der Waals surface area contributed by atoms with Crippen molar-refractivity contribution < 1.29 is 22.0 Å². The van der Waals surface area contributed by atoms with Crippen molar-refractivity contribution >= 4 is 32.7 Å². The summed E-state index contributed by atoms with van der Waals surface area (Å²) in [7, 11) is -3.96. The van der Waals surface area contributed by atoms with Gasteiger partial charge in [-0.25, -0.2) is 13.4 Å². The number of sulfonamides is 1. The Morgan fingerprint density at radius 1 is 1.00 bits per heavy atom. The first kappa shape index (κ1) is 24.3. The van der Waals surface area contributed by atoms with Crippen LogP contribution in [0.1, 0.15) is 46.8 Å². The number of hydrogen-bond acceptors (Lipinski definition) is 4. The number of benzene rings is 3. The molecule has 0 unspecified atom stereocenters. The molecule has 0 bridgehead atoms. The van der Waals surface area contributed by atoms with Crippen LogP contribution in [-0.2, 0) is 10.0 Å². The summed E-state index contributed by atoms with van der Waals surface area (Å²) in [6, 6.07) is 16.7. The third kappa shape index (κ3) is 5.02. The number of nitrogens with zero attached hydrogens (tertiary/aromatic N) is 2. The van der Waals surface area contributed by atoms with E-state index in [0.29, 0.717) is 16.8 Å². The summed E-state index contributed by atoms with van der Waals surface area (Å²) in [5.74, 6) is -0.604. The number of amides is 1. The van der Waals surface area contributed by atoms with Gasteiger partial charge in [0.25, 0.3) is 15.9 Å². The van der Waals surface area contributed by atoms with Gasteiger partial charge in [-0.1, -0.05) is 35.9 Å². The minimum absolute atomic E-state index is 0.00276. The first-order valence-corrected chi connectivity index (χ1v) is 12.3. The van der Waals surface area contributed by atoms with Crippen LogP contribution >= 0.6 is 0 Å². The highest BCUT2D eigenvalue weighted by atomic mass is 32.2. The largest absolute Gasteiger partial charge is 0.342 e. The van der Waals surface area contributed by atoms with E-state index in [1.54, 1.807) is 56.3 Å². The number of alkyl halides is 2. The van der Waals surface area contributed by atoms with Crippen molar-refractivity contribution in [1.82, 2.24) is 14.9 Å². The third-order valence-electron chi connectivity index (χ3n) is 5.62. The fourth-order valence-corrected chi connectivity index (χ4v) is 4.85. The van der Waals surface area contributed by atoms with Crippen molar-refractivity contribution in [2.45, 2.75) is 38.3 Å². The van der Waals surface area contributed by atoms with Crippen molar-refractivity contribution in [3.05, 3.63) is 89.2 Å². The Bertz CT molecular complexity index is 1500. The van der Waals surface area contributed by atoms with Gasteiger partial charge in [-0.2, -0.15) is 8.78 Å². The number of aromatic nitrogens is 2. The zero-order valence-corrected chi connectivity index (χ0v) is 20.1. The number of carbonyl (C=O) groups excluding carboxylic acids is 1. The summed E-state index contributed by atoms with van der Waals surface area (Å²) < 4.78 is 56.7. The van der Waals surface area contributed by atoms with E-state index in [1.165, 1.54) is 24.3 Å². The lowest BCUT2D eigenvalue weighted by molar-refractivity contribution is 0.0687. The first-order chi connectivity index (χ1) is 16.6. The van der Waals surface area contributed by atoms with Crippen LogP contribution in [0.5, 0.6) is 0 Å². The number of hydrogen-bond donors (Lipinski definition) is 2. The lowest BCUT2D eigenvalue weighted by Crippen LogP contribution is -2.29. The molecule has 0 saturated heterocycles. The Morgan fingerprint density at radius 3 is 2.37 bits per heavy atom. The van der Waals surface area contributed by atoms with E-state index in [4.69, 9.17) is 0 Å². The van der Waals surface area contributed by atoms with Gasteiger partial charge in [-0.3, -0.25) is 14.1 Å². The van der Waals surface area contributed by atoms with Gasteiger partial charge in [-0.15, -0.1) is 0 Å². The Kier molecular flexibility index (Phi) is 6.58. The molecule has 1 amide bonds. The van der Waals surface area contributed by atoms with Gasteiger partial charge >= 0.3 is 6.55 Å². The smallest absolute Gasteiger partial charge is 0.320 e.